The van der Waals surface area contributed by atoms with Crippen molar-refractivity contribution in [1.29, 1.82) is 0 Å². The second kappa shape index (κ2) is 10.0. The number of benzene rings is 1. The Kier molecular flexibility index (Phi) is 8.07. The standard InChI is InChI=1S/C17H23N3O6/c1-10(14(21)19-12(3)16(23)24)18-15(22)11(2)20-17(25)26-9-13-7-5-4-6-8-13/h4-8,10-12H,9H2,1-3H3,(H,18,22)(H,19,21)(H,20,25)(H,23,24)/t10-,11+,12-/m1/s1. The quantitative estimate of drug-likeness (QED) is 0.527. The highest BCUT2D eigenvalue weighted by atomic mass is 16.5. The van der Waals surface area contributed by atoms with Crippen molar-refractivity contribution in [2.45, 2.75) is 45.5 Å². The summed E-state index contributed by atoms with van der Waals surface area (Å²) in [6, 6.07) is 6.06. The molecule has 0 saturated heterocycles. The third-order valence-corrected chi connectivity index (χ3v) is 3.42. The molecular formula is C17H23N3O6. The fraction of sp³-hybridized carbons (Fsp3) is 0.412. The summed E-state index contributed by atoms with van der Waals surface area (Å²) in [6.45, 7) is 4.21. The van der Waals surface area contributed by atoms with Gasteiger partial charge in [0.2, 0.25) is 11.8 Å². The Morgan fingerprint density at radius 3 is 1.92 bits per heavy atom. The number of aliphatic carboxylic acids is 1. The molecule has 1 aromatic rings. The maximum absolute atomic E-state index is 12.0. The van der Waals surface area contributed by atoms with Gasteiger partial charge >= 0.3 is 12.1 Å². The van der Waals surface area contributed by atoms with E-state index in [-0.39, 0.29) is 6.61 Å². The molecule has 0 saturated carbocycles. The molecule has 0 radical (unpaired) electrons. The zero-order valence-electron chi connectivity index (χ0n) is 14.8. The minimum Gasteiger partial charge on any atom is -0.480 e. The van der Waals surface area contributed by atoms with Crippen molar-refractivity contribution < 1.29 is 29.0 Å². The molecule has 142 valence electrons. The van der Waals surface area contributed by atoms with Gasteiger partial charge in [-0.1, -0.05) is 30.3 Å². The topological polar surface area (TPSA) is 134 Å². The highest BCUT2D eigenvalue weighted by molar-refractivity contribution is 5.92. The summed E-state index contributed by atoms with van der Waals surface area (Å²) in [4.78, 5) is 46.2. The Balaban J connectivity index is 2.40. The predicted molar refractivity (Wildman–Crippen MR) is 92.1 cm³/mol. The number of carboxylic acids is 1. The van der Waals surface area contributed by atoms with Crippen LogP contribution >= 0.6 is 0 Å². The normalized spacial score (nSPS) is 13.7. The zero-order chi connectivity index (χ0) is 19.7. The molecule has 0 heterocycles. The Morgan fingerprint density at radius 2 is 1.38 bits per heavy atom. The van der Waals surface area contributed by atoms with Crippen LogP contribution in [-0.4, -0.2) is 47.1 Å². The zero-order valence-corrected chi connectivity index (χ0v) is 14.8. The van der Waals surface area contributed by atoms with E-state index in [0.29, 0.717) is 0 Å². The number of alkyl carbamates (subject to hydrolysis) is 1. The molecular weight excluding hydrogens is 342 g/mol. The van der Waals surface area contributed by atoms with Crippen molar-refractivity contribution in [3.8, 4) is 0 Å². The second-order valence-corrected chi connectivity index (χ2v) is 5.73. The van der Waals surface area contributed by atoms with Crippen LogP contribution in [0.3, 0.4) is 0 Å². The first kappa shape index (κ1) is 20.9. The summed E-state index contributed by atoms with van der Waals surface area (Å²) < 4.78 is 5.01. The number of carbonyl (C=O) groups excluding carboxylic acids is 3. The number of carbonyl (C=O) groups is 4. The van der Waals surface area contributed by atoms with E-state index in [9.17, 15) is 19.2 Å². The van der Waals surface area contributed by atoms with Gasteiger partial charge in [-0.15, -0.1) is 0 Å². The fourth-order valence-corrected chi connectivity index (χ4v) is 1.81. The van der Waals surface area contributed by atoms with Crippen LogP contribution < -0.4 is 16.0 Å². The van der Waals surface area contributed by atoms with Gasteiger partial charge in [0.05, 0.1) is 0 Å². The average molecular weight is 365 g/mol. The molecule has 0 aromatic heterocycles. The van der Waals surface area contributed by atoms with E-state index in [1.54, 1.807) is 12.1 Å². The monoisotopic (exact) mass is 365 g/mol. The van der Waals surface area contributed by atoms with Crippen molar-refractivity contribution in [2.75, 3.05) is 0 Å². The third-order valence-electron chi connectivity index (χ3n) is 3.42. The Morgan fingerprint density at radius 1 is 0.885 bits per heavy atom. The molecule has 1 aromatic carbocycles. The van der Waals surface area contributed by atoms with E-state index in [1.165, 1.54) is 20.8 Å². The van der Waals surface area contributed by atoms with Gasteiger partial charge in [-0.3, -0.25) is 14.4 Å². The molecule has 0 unspecified atom stereocenters. The van der Waals surface area contributed by atoms with Crippen LogP contribution in [0.5, 0.6) is 0 Å². The number of carboxylic acid groups (broad SMARTS) is 1. The van der Waals surface area contributed by atoms with Crippen LogP contribution in [0.4, 0.5) is 4.79 Å². The van der Waals surface area contributed by atoms with Crippen molar-refractivity contribution in [3.05, 3.63) is 35.9 Å². The summed E-state index contributed by atoms with van der Waals surface area (Å²) in [6.07, 6.45) is -0.770. The van der Waals surface area contributed by atoms with Crippen LogP contribution in [0.2, 0.25) is 0 Å². The molecule has 0 bridgehead atoms. The molecule has 0 spiro atoms. The molecule has 3 amide bonds. The summed E-state index contributed by atoms with van der Waals surface area (Å²) >= 11 is 0. The fourth-order valence-electron chi connectivity index (χ4n) is 1.81. The van der Waals surface area contributed by atoms with Gasteiger partial charge < -0.3 is 25.8 Å². The molecule has 9 heteroatoms. The first-order valence-electron chi connectivity index (χ1n) is 8.01. The SMILES string of the molecule is C[C@H](NC(=O)OCc1ccccc1)C(=O)N[C@H](C)C(=O)N[C@H](C)C(=O)O. The molecule has 9 nitrogen and oxygen atoms in total. The first-order valence-corrected chi connectivity index (χ1v) is 8.01. The summed E-state index contributed by atoms with van der Waals surface area (Å²) in [7, 11) is 0. The first-order chi connectivity index (χ1) is 12.2. The number of amides is 3. The van der Waals surface area contributed by atoms with Gasteiger partial charge in [0.15, 0.2) is 0 Å². The van der Waals surface area contributed by atoms with Crippen molar-refractivity contribution in [2.24, 2.45) is 0 Å². The van der Waals surface area contributed by atoms with Gasteiger partial charge in [0.25, 0.3) is 0 Å². The van der Waals surface area contributed by atoms with Crippen molar-refractivity contribution in [3.63, 3.8) is 0 Å². The minimum absolute atomic E-state index is 0.0624. The highest BCUT2D eigenvalue weighted by Crippen LogP contribution is 2.00. The number of rotatable bonds is 8. The summed E-state index contributed by atoms with van der Waals surface area (Å²) in [5, 5.41) is 15.7. The van der Waals surface area contributed by atoms with Gasteiger partial charge in [0.1, 0.15) is 24.7 Å². The molecule has 0 aliphatic rings. The van der Waals surface area contributed by atoms with Crippen molar-refractivity contribution in [1.82, 2.24) is 16.0 Å². The van der Waals surface area contributed by atoms with E-state index in [1.807, 2.05) is 18.2 Å². The lowest BCUT2D eigenvalue weighted by Crippen LogP contribution is -2.53. The van der Waals surface area contributed by atoms with Crippen LogP contribution in [0.25, 0.3) is 0 Å². The predicted octanol–water partition coefficient (Wildman–Crippen LogP) is 0.395. The number of hydrogen-bond acceptors (Lipinski definition) is 5. The van der Waals surface area contributed by atoms with Gasteiger partial charge in [0, 0.05) is 0 Å². The summed E-state index contributed by atoms with van der Waals surface area (Å²) in [5.41, 5.74) is 0.803. The largest absolute Gasteiger partial charge is 0.480 e. The average Bonchev–Trinajstić information content (AvgIpc) is 2.60. The lowest BCUT2D eigenvalue weighted by Gasteiger charge is -2.19. The van der Waals surface area contributed by atoms with E-state index in [4.69, 9.17) is 9.84 Å². The maximum Gasteiger partial charge on any atom is 0.408 e. The molecule has 4 N–H and O–H groups in total. The Bertz CT molecular complexity index is 649. The molecule has 0 fully saturated rings. The van der Waals surface area contributed by atoms with Crippen LogP contribution in [0.15, 0.2) is 30.3 Å². The number of nitrogens with one attached hydrogen (secondary N) is 3. The number of ether oxygens (including phenoxy) is 1. The molecule has 0 aliphatic heterocycles. The van der Waals surface area contributed by atoms with E-state index in [0.717, 1.165) is 5.56 Å². The molecule has 3 atom stereocenters. The number of hydrogen-bond donors (Lipinski definition) is 4. The second-order valence-electron chi connectivity index (χ2n) is 5.73. The minimum atomic E-state index is -1.19. The molecule has 0 aliphatic carbocycles. The van der Waals surface area contributed by atoms with E-state index >= 15 is 0 Å². The van der Waals surface area contributed by atoms with Crippen LogP contribution in [-0.2, 0) is 25.7 Å². The molecule has 26 heavy (non-hydrogen) atoms. The highest BCUT2D eigenvalue weighted by Gasteiger charge is 2.23. The Labute approximate surface area is 151 Å². The lowest BCUT2D eigenvalue weighted by molar-refractivity contribution is -0.141. The van der Waals surface area contributed by atoms with Crippen LogP contribution in [0.1, 0.15) is 26.3 Å². The third kappa shape index (κ3) is 7.20. The van der Waals surface area contributed by atoms with Gasteiger partial charge in [-0.2, -0.15) is 0 Å². The van der Waals surface area contributed by atoms with Gasteiger partial charge in [-0.25, -0.2) is 4.79 Å². The van der Waals surface area contributed by atoms with Crippen LogP contribution in [0, 0.1) is 0 Å². The van der Waals surface area contributed by atoms with E-state index < -0.39 is 42.0 Å². The Hall–Kier alpha value is -3.10. The maximum atomic E-state index is 12.0. The lowest BCUT2D eigenvalue weighted by atomic mass is 10.2. The van der Waals surface area contributed by atoms with Crippen molar-refractivity contribution >= 4 is 23.9 Å². The summed E-state index contributed by atoms with van der Waals surface area (Å²) in [5.74, 6) is -2.44. The van der Waals surface area contributed by atoms with E-state index in [2.05, 4.69) is 16.0 Å². The molecule has 1 rings (SSSR count). The van der Waals surface area contributed by atoms with Gasteiger partial charge in [-0.05, 0) is 26.3 Å². The smallest absolute Gasteiger partial charge is 0.408 e.